The van der Waals surface area contributed by atoms with Gasteiger partial charge in [-0.05, 0) is 41.3 Å². The zero-order valence-electron chi connectivity index (χ0n) is 20.2. The van der Waals surface area contributed by atoms with Crippen molar-refractivity contribution < 1.29 is 13.9 Å². The SMILES string of the molecule is O=C1OC2(CCN(CCc3c[nH]c4ccc(F)cc34)CC2)CN1C(c1ccccc1)c1ccccc1. The number of rotatable bonds is 6. The van der Waals surface area contributed by atoms with E-state index in [1.165, 1.54) is 6.07 Å². The summed E-state index contributed by atoms with van der Waals surface area (Å²) in [5.41, 5.74) is 3.83. The summed E-state index contributed by atoms with van der Waals surface area (Å²) in [5, 5.41) is 0.955. The van der Waals surface area contributed by atoms with Crippen molar-refractivity contribution in [3.05, 3.63) is 108 Å². The van der Waals surface area contributed by atoms with Gasteiger partial charge in [-0.1, -0.05) is 60.7 Å². The number of hydrogen-bond donors (Lipinski definition) is 1. The number of aromatic amines is 1. The predicted octanol–water partition coefficient (Wildman–Crippen LogP) is 5.93. The van der Waals surface area contributed by atoms with Gasteiger partial charge in [-0.2, -0.15) is 0 Å². The predicted molar refractivity (Wildman–Crippen MR) is 138 cm³/mol. The molecule has 2 saturated heterocycles. The van der Waals surface area contributed by atoms with Crippen LogP contribution in [0.25, 0.3) is 10.9 Å². The van der Waals surface area contributed by atoms with Gasteiger partial charge in [0.15, 0.2) is 0 Å². The highest BCUT2D eigenvalue weighted by molar-refractivity contribution is 5.83. The van der Waals surface area contributed by atoms with Crippen LogP contribution in [0.4, 0.5) is 9.18 Å². The third kappa shape index (κ3) is 4.37. The van der Waals surface area contributed by atoms with Crippen molar-refractivity contribution in [1.82, 2.24) is 14.8 Å². The number of nitrogens with zero attached hydrogens (tertiary/aromatic N) is 2. The van der Waals surface area contributed by atoms with Crippen LogP contribution < -0.4 is 0 Å². The van der Waals surface area contributed by atoms with Crippen LogP contribution >= 0.6 is 0 Å². The molecule has 3 aromatic carbocycles. The number of aromatic nitrogens is 1. The van der Waals surface area contributed by atoms with Crippen LogP contribution in [0.15, 0.2) is 85.1 Å². The molecule has 0 aliphatic carbocycles. The molecule has 2 aliphatic rings. The highest BCUT2D eigenvalue weighted by Crippen LogP contribution is 2.40. The van der Waals surface area contributed by atoms with Gasteiger partial charge in [0, 0.05) is 49.6 Å². The average molecular weight is 484 g/mol. The lowest BCUT2D eigenvalue weighted by molar-refractivity contribution is 0.000984. The maximum absolute atomic E-state index is 13.7. The number of carbonyl (C=O) groups is 1. The van der Waals surface area contributed by atoms with E-state index in [2.05, 4.69) is 34.1 Å². The average Bonchev–Trinajstić information content (AvgIpc) is 3.45. The van der Waals surface area contributed by atoms with Gasteiger partial charge in [-0.25, -0.2) is 9.18 Å². The van der Waals surface area contributed by atoms with Crippen molar-refractivity contribution in [1.29, 1.82) is 0 Å². The number of nitrogens with one attached hydrogen (secondary N) is 1. The smallest absolute Gasteiger partial charge is 0.411 e. The van der Waals surface area contributed by atoms with Crippen LogP contribution in [0.3, 0.4) is 0 Å². The fourth-order valence-corrected chi connectivity index (χ4v) is 5.75. The number of benzene rings is 3. The molecule has 1 amide bonds. The fraction of sp³-hybridized carbons (Fsp3) is 0.300. The molecule has 1 aromatic heterocycles. The maximum Gasteiger partial charge on any atom is 0.411 e. The Kier molecular flexibility index (Phi) is 5.97. The molecule has 1 spiro atoms. The number of H-pyrrole nitrogens is 1. The van der Waals surface area contributed by atoms with Gasteiger partial charge >= 0.3 is 6.09 Å². The molecule has 1 N–H and O–H groups in total. The van der Waals surface area contributed by atoms with Crippen molar-refractivity contribution in [2.45, 2.75) is 30.9 Å². The van der Waals surface area contributed by atoms with Crippen molar-refractivity contribution >= 4 is 17.0 Å². The summed E-state index contributed by atoms with van der Waals surface area (Å²) in [4.78, 5) is 20.8. The van der Waals surface area contributed by atoms with E-state index >= 15 is 0 Å². The molecule has 6 heteroatoms. The van der Waals surface area contributed by atoms with E-state index in [4.69, 9.17) is 4.74 Å². The molecule has 0 bridgehead atoms. The van der Waals surface area contributed by atoms with Gasteiger partial charge in [-0.3, -0.25) is 4.90 Å². The molecular weight excluding hydrogens is 453 g/mol. The van der Waals surface area contributed by atoms with Crippen molar-refractivity contribution in [2.75, 3.05) is 26.2 Å². The van der Waals surface area contributed by atoms with Crippen LogP contribution in [0.5, 0.6) is 0 Å². The van der Waals surface area contributed by atoms with E-state index in [-0.39, 0.29) is 18.0 Å². The summed E-state index contributed by atoms with van der Waals surface area (Å²) >= 11 is 0. The highest BCUT2D eigenvalue weighted by Gasteiger charge is 2.49. The van der Waals surface area contributed by atoms with Gasteiger partial charge in [0.25, 0.3) is 0 Å². The first kappa shape index (κ1) is 22.8. The summed E-state index contributed by atoms with van der Waals surface area (Å²) in [7, 11) is 0. The third-order valence-electron chi connectivity index (χ3n) is 7.73. The maximum atomic E-state index is 13.7. The normalized spacial score (nSPS) is 17.8. The molecule has 2 fully saturated rings. The second-order valence-corrected chi connectivity index (χ2v) is 10.00. The van der Waals surface area contributed by atoms with E-state index in [0.29, 0.717) is 6.54 Å². The lowest BCUT2D eigenvalue weighted by Crippen LogP contribution is -2.47. The Morgan fingerprint density at radius 3 is 2.28 bits per heavy atom. The van der Waals surface area contributed by atoms with Gasteiger partial charge < -0.3 is 14.6 Å². The van der Waals surface area contributed by atoms with E-state index in [0.717, 1.165) is 66.5 Å². The molecule has 2 aliphatic heterocycles. The van der Waals surface area contributed by atoms with Crippen LogP contribution in [-0.2, 0) is 11.2 Å². The second kappa shape index (κ2) is 9.43. The third-order valence-corrected chi connectivity index (χ3v) is 7.73. The first-order chi connectivity index (χ1) is 17.6. The number of hydrogen-bond acceptors (Lipinski definition) is 3. The first-order valence-electron chi connectivity index (χ1n) is 12.7. The standard InChI is InChI=1S/C30H30FN3O2/c31-25-11-12-27-26(19-25)24(20-32-27)13-16-33-17-14-30(15-18-33)21-34(29(35)36-30)28(22-7-3-1-4-8-22)23-9-5-2-6-10-23/h1-12,19-20,28,32H,13-18,21H2. The summed E-state index contributed by atoms with van der Waals surface area (Å²) in [6.07, 6.45) is 4.23. The van der Waals surface area contributed by atoms with Gasteiger partial charge in [-0.15, -0.1) is 0 Å². The Morgan fingerprint density at radius 2 is 1.61 bits per heavy atom. The molecular formula is C30H30FN3O2. The Labute approximate surface area is 210 Å². The summed E-state index contributed by atoms with van der Waals surface area (Å²) in [6.45, 7) is 3.24. The summed E-state index contributed by atoms with van der Waals surface area (Å²) in [5.74, 6) is -0.208. The largest absolute Gasteiger partial charge is 0.441 e. The molecule has 6 rings (SSSR count). The summed E-state index contributed by atoms with van der Waals surface area (Å²) < 4.78 is 19.8. The molecule has 5 nitrogen and oxygen atoms in total. The van der Waals surface area contributed by atoms with Crippen LogP contribution in [0, 0.1) is 5.82 Å². The Balaban J connectivity index is 1.13. The number of halogens is 1. The van der Waals surface area contributed by atoms with Crippen molar-refractivity contribution in [2.24, 2.45) is 0 Å². The van der Waals surface area contributed by atoms with Gasteiger partial charge in [0.1, 0.15) is 11.4 Å². The topological polar surface area (TPSA) is 48.6 Å². The molecule has 184 valence electrons. The van der Waals surface area contributed by atoms with Crippen molar-refractivity contribution in [3.63, 3.8) is 0 Å². The van der Waals surface area contributed by atoms with E-state index in [1.54, 1.807) is 12.1 Å². The molecule has 3 heterocycles. The second-order valence-electron chi connectivity index (χ2n) is 10.00. The van der Waals surface area contributed by atoms with E-state index in [1.807, 2.05) is 47.5 Å². The first-order valence-corrected chi connectivity index (χ1v) is 12.7. The monoisotopic (exact) mass is 483 g/mol. The zero-order chi connectivity index (χ0) is 24.5. The number of likely N-dealkylation sites (tertiary alicyclic amines) is 1. The molecule has 0 atom stereocenters. The Bertz CT molecular complexity index is 1310. The van der Waals surface area contributed by atoms with Gasteiger partial charge in [0.2, 0.25) is 0 Å². The van der Waals surface area contributed by atoms with Crippen LogP contribution in [0.1, 0.15) is 35.6 Å². The Morgan fingerprint density at radius 1 is 0.944 bits per heavy atom. The zero-order valence-corrected chi connectivity index (χ0v) is 20.2. The number of fused-ring (bicyclic) bond motifs is 1. The quantitative estimate of drug-likeness (QED) is 0.370. The molecule has 36 heavy (non-hydrogen) atoms. The molecule has 0 unspecified atom stereocenters. The Hall–Kier alpha value is -3.64. The minimum atomic E-state index is -0.445. The van der Waals surface area contributed by atoms with Crippen LogP contribution in [-0.4, -0.2) is 52.7 Å². The molecule has 0 saturated carbocycles. The van der Waals surface area contributed by atoms with Gasteiger partial charge in [0.05, 0.1) is 12.6 Å². The lowest BCUT2D eigenvalue weighted by atomic mass is 9.89. The van der Waals surface area contributed by atoms with Crippen LogP contribution in [0.2, 0.25) is 0 Å². The van der Waals surface area contributed by atoms with Crippen molar-refractivity contribution in [3.8, 4) is 0 Å². The number of ether oxygens (including phenoxy) is 1. The number of piperidine rings is 1. The number of amides is 1. The minimum Gasteiger partial charge on any atom is -0.441 e. The minimum absolute atomic E-state index is 0.167. The highest BCUT2D eigenvalue weighted by atomic mass is 19.1. The van der Waals surface area contributed by atoms with E-state index in [9.17, 15) is 9.18 Å². The fourth-order valence-electron chi connectivity index (χ4n) is 5.75. The number of carbonyl (C=O) groups excluding carboxylic acids is 1. The lowest BCUT2D eigenvalue weighted by Gasteiger charge is -2.37. The molecule has 0 radical (unpaired) electrons. The summed E-state index contributed by atoms with van der Waals surface area (Å²) in [6, 6.07) is 25.1. The molecule has 4 aromatic rings. The van der Waals surface area contributed by atoms with E-state index < -0.39 is 5.60 Å².